The molecule has 3 aliphatic heterocycles. The van der Waals surface area contributed by atoms with Gasteiger partial charge in [-0.25, -0.2) is 4.39 Å². The lowest BCUT2D eigenvalue weighted by Gasteiger charge is -2.36. The molecule has 3 saturated heterocycles. The van der Waals surface area contributed by atoms with Crippen LogP contribution in [0.15, 0.2) is 24.3 Å². The number of anilines is 1. The van der Waals surface area contributed by atoms with Gasteiger partial charge in [-0.15, -0.1) is 0 Å². The minimum Gasteiger partial charge on any atom is -0.461 e. The number of nitrogens with one attached hydrogen (secondary N) is 1. The van der Waals surface area contributed by atoms with Crippen LogP contribution in [0, 0.1) is 11.2 Å². The summed E-state index contributed by atoms with van der Waals surface area (Å²) in [5.74, 6) is -0.818. The number of ether oxygens (including phenoxy) is 1. The maximum absolute atomic E-state index is 13.7. The van der Waals surface area contributed by atoms with E-state index in [0.29, 0.717) is 25.9 Å². The lowest BCUT2D eigenvalue weighted by molar-refractivity contribution is -0.151. The lowest BCUT2D eigenvalue weighted by Crippen LogP contribution is -2.45. The summed E-state index contributed by atoms with van der Waals surface area (Å²) in [5.41, 5.74) is -0.262. The number of hydrogen-bond acceptors (Lipinski definition) is 6. The summed E-state index contributed by atoms with van der Waals surface area (Å²) < 4.78 is 19.4. The van der Waals surface area contributed by atoms with Crippen molar-refractivity contribution in [1.82, 2.24) is 9.80 Å². The van der Waals surface area contributed by atoms with E-state index >= 15 is 0 Å². The van der Waals surface area contributed by atoms with E-state index in [4.69, 9.17) is 4.74 Å². The zero-order valence-electron chi connectivity index (χ0n) is 17.2. The lowest BCUT2D eigenvalue weighted by atomic mass is 9.76. The highest BCUT2D eigenvalue weighted by Crippen LogP contribution is 2.43. The van der Waals surface area contributed by atoms with Gasteiger partial charge in [-0.2, -0.15) is 0 Å². The van der Waals surface area contributed by atoms with E-state index in [1.807, 2.05) is 4.90 Å². The highest BCUT2D eigenvalue weighted by atomic mass is 19.1. The van der Waals surface area contributed by atoms with Gasteiger partial charge in [-0.05, 0) is 50.9 Å². The summed E-state index contributed by atoms with van der Waals surface area (Å²) in [6, 6.07) is 6.11. The van der Waals surface area contributed by atoms with Crippen LogP contribution in [0.2, 0.25) is 0 Å². The molecule has 3 fully saturated rings. The maximum Gasteiger partial charge on any atom is 0.312 e. The molecule has 30 heavy (non-hydrogen) atoms. The monoisotopic (exact) mass is 419 g/mol. The van der Waals surface area contributed by atoms with Crippen LogP contribution in [0.3, 0.4) is 0 Å². The molecule has 164 valence electrons. The molecule has 0 radical (unpaired) electrons. The summed E-state index contributed by atoms with van der Waals surface area (Å²) in [4.78, 5) is 29.2. The summed E-state index contributed by atoms with van der Waals surface area (Å²) in [6.07, 6.45) is 3.32. The number of likely N-dealkylation sites (tertiary alicyclic amines) is 2. The fourth-order valence-corrected chi connectivity index (χ4v) is 4.83. The van der Waals surface area contributed by atoms with Crippen molar-refractivity contribution in [2.24, 2.45) is 5.41 Å². The third kappa shape index (κ3) is 4.82. The number of hydrogen-bond donors (Lipinski definition) is 2. The van der Waals surface area contributed by atoms with Crippen molar-refractivity contribution in [3.8, 4) is 0 Å². The molecule has 1 unspecified atom stereocenters. The van der Waals surface area contributed by atoms with E-state index < -0.39 is 11.2 Å². The number of cyclic esters (lactones) is 1. The minimum atomic E-state index is -0.452. The van der Waals surface area contributed by atoms with E-state index in [1.54, 1.807) is 12.1 Å². The minimum absolute atomic E-state index is 0.0938. The van der Waals surface area contributed by atoms with E-state index in [-0.39, 0.29) is 36.3 Å². The molecule has 8 heteroatoms. The van der Waals surface area contributed by atoms with Crippen molar-refractivity contribution in [2.75, 3.05) is 44.6 Å². The Hall–Kier alpha value is -2.03. The molecule has 0 saturated carbocycles. The molecular formula is C22H30FN3O4. The number of rotatable bonds is 5. The third-order valence-electron chi connectivity index (χ3n) is 6.67. The predicted octanol–water partition coefficient (Wildman–Crippen LogP) is 1.62. The molecule has 1 aromatic carbocycles. The van der Waals surface area contributed by atoms with Gasteiger partial charge in [-0.3, -0.25) is 19.4 Å². The average Bonchev–Trinajstić information content (AvgIpc) is 3.02. The third-order valence-corrected chi connectivity index (χ3v) is 6.67. The Bertz CT molecular complexity index is 773. The van der Waals surface area contributed by atoms with Crippen LogP contribution in [0.5, 0.6) is 0 Å². The van der Waals surface area contributed by atoms with Crippen molar-refractivity contribution >= 4 is 17.6 Å². The highest BCUT2D eigenvalue weighted by molar-refractivity contribution is 5.92. The molecular weight excluding hydrogens is 389 g/mol. The van der Waals surface area contributed by atoms with E-state index in [2.05, 4.69) is 10.2 Å². The number of piperidine rings is 2. The first-order valence-corrected chi connectivity index (χ1v) is 10.8. The topological polar surface area (TPSA) is 82.1 Å². The predicted molar refractivity (Wildman–Crippen MR) is 109 cm³/mol. The molecule has 1 atom stereocenters. The molecule has 4 rings (SSSR count). The summed E-state index contributed by atoms with van der Waals surface area (Å²) in [6.45, 7) is 3.87. The van der Waals surface area contributed by atoms with Gasteiger partial charge in [0, 0.05) is 26.1 Å². The Morgan fingerprint density at radius 1 is 1.17 bits per heavy atom. The molecule has 1 spiro atoms. The Morgan fingerprint density at radius 3 is 2.57 bits per heavy atom. The van der Waals surface area contributed by atoms with Crippen LogP contribution < -0.4 is 5.32 Å². The standard InChI is InChI=1S/C22H30FN3O4/c23-18-3-1-2-4-19(18)24-20(28)15-26-11-7-22(8-12-26)13-17(30-21(22)29)14-25-9-5-16(27)6-10-25/h1-4,16-17,27H,5-15H2,(H,24,28). The molecule has 1 amide bonds. The fourth-order valence-electron chi connectivity index (χ4n) is 4.83. The van der Waals surface area contributed by atoms with E-state index in [0.717, 1.165) is 38.9 Å². The first-order chi connectivity index (χ1) is 14.4. The number of nitrogens with zero attached hydrogens (tertiary/aromatic N) is 2. The average molecular weight is 419 g/mol. The van der Waals surface area contributed by atoms with Crippen LogP contribution in [-0.4, -0.2) is 78.3 Å². The second-order valence-electron chi connectivity index (χ2n) is 8.85. The van der Waals surface area contributed by atoms with Crippen LogP contribution >= 0.6 is 0 Å². The van der Waals surface area contributed by atoms with Crippen molar-refractivity contribution in [1.29, 1.82) is 0 Å². The Labute approximate surface area is 176 Å². The van der Waals surface area contributed by atoms with Crippen molar-refractivity contribution in [3.63, 3.8) is 0 Å². The molecule has 0 aromatic heterocycles. The van der Waals surface area contributed by atoms with Gasteiger partial charge in [0.1, 0.15) is 11.9 Å². The van der Waals surface area contributed by atoms with Gasteiger partial charge in [0.25, 0.3) is 0 Å². The molecule has 3 aliphatic rings. The van der Waals surface area contributed by atoms with Gasteiger partial charge in [0.2, 0.25) is 5.91 Å². The van der Waals surface area contributed by atoms with Crippen LogP contribution in [0.25, 0.3) is 0 Å². The molecule has 0 bridgehead atoms. The molecule has 1 aromatic rings. The second-order valence-corrected chi connectivity index (χ2v) is 8.85. The van der Waals surface area contributed by atoms with Gasteiger partial charge in [0.05, 0.1) is 23.8 Å². The van der Waals surface area contributed by atoms with Crippen molar-refractivity contribution in [3.05, 3.63) is 30.1 Å². The largest absolute Gasteiger partial charge is 0.461 e. The molecule has 3 heterocycles. The zero-order valence-corrected chi connectivity index (χ0v) is 17.2. The SMILES string of the molecule is O=C(CN1CCC2(CC1)CC(CN1CCC(O)CC1)OC2=O)Nc1ccccc1F. The van der Waals surface area contributed by atoms with Gasteiger partial charge in [-0.1, -0.05) is 12.1 Å². The Balaban J connectivity index is 1.25. The van der Waals surface area contributed by atoms with Crippen molar-refractivity contribution in [2.45, 2.75) is 44.3 Å². The van der Waals surface area contributed by atoms with Gasteiger partial charge < -0.3 is 15.2 Å². The smallest absolute Gasteiger partial charge is 0.312 e. The number of amides is 1. The number of aliphatic hydroxyl groups excluding tert-OH is 1. The van der Waals surface area contributed by atoms with Crippen molar-refractivity contribution < 1.29 is 23.8 Å². The fraction of sp³-hybridized carbons (Fsp3) is 0.636. The quantitative estimate of drug-likeness (QED) is 0.706. The number of esters is 1. The summed E-state index contributed by atoms with van der Waals surface area (Å²) in [5, 5.41) is 12.3. The molecule has 0 aliphatic carbocycles. The number of benzene rings is 1. The number of carbonyl (C=O) groups excluding carboxylic acids is 2. The first-order valence-electron chi connectivity index (χ1n) is 10.8. The first kappa shape index (κ1) is 21.2. The summed E-state index contributed by atoms with van der Waals surface area (Å²) >= 11 is 0. The molecule has 2 N–H and O–H groups in total. The molecule has 7 nitrogen and oxygen atoms in total. The van der Waals surface area contributed by atoms with Crippen LogP contribution in [0.4, 0.5) is 10.1 Å². The Kier molecular flexibility index (Phi) is 6.36. The second kappa shape index (κ2) is 8.99. The normalized spacial score (nSPS) is 25.4. The zero-order chi connectivity index (χ0) is 21.1. The van der Waals surface area contributed by atoms with Crippen LogP contribution in [-0.2, 0) is 14.3 Å². The maximum atomic E-state index is 13.7. The van der Waals surface area contributed by atoms with E-state index in [1.165, 1.54) is 12.1 Å². The number of aliphatic hydroxyl groups is 1. The number of para-hydroxylation sites is 1. The Morgan fingerprint density at radius 2 is 1.87 bits per heavy atom. The highest BCUT2D eigenvalue weighted by Gasteiger charge is 2.50. The van der Waals surface area contributed by atoms with Gasteiger partial charge in [0.15, 0.2) is 0 Å². The van der Waals surface area contributed by atoms with E-state index in [9.17, 15) is 19.1 Å². The van der Waals surface area contributed by atoms with Gasteiger partial charge >= 0.3 is 5.97 Å². The number of halogens is 1. The number of carbonyl (C=O) groups is 2. The summed E-state index contributed by atoms with van der Waals surface area (Å²) in [7, 11) is 0. The van der Waals surface area contributed by atoms with Crippen LogP contribution in [0.1, 0.15) is 32.1 Å².